The number of hydrogen-bond donors (Lipinski definition) is 1. The van der Waals surface area contributed by atoms with Crippen molar-refractivity contribution in [1.29, 1.82) is 0 Å². The van der Waals surface area contributed by atoms with Crippen LogP contribution in [0, 0.1) is 53.8 Å². The number of methoxy groups -OCH3 is 1. The zero-order chi connectivity index (χ0) is 38.1. The molecule has 6 unspecified atom stereocenters. The Bertz CT molecular complexity index is 2220. The van der Waals surface area contributed by atoms with Crippen LogP contribution in [0.3, 0.4) is 0 Å². The zero-order valence-corrected chi connectivity index (χ0v) is 31.7. The minimum absolute atomic E-state index is 0.00954. The number of amides is 4. The summed E-state index contributed by atoms with van der Waals surface area (Å²) in [6.07, 6.45) is 0.785. The number of halogens is 10. The molecule has 0 spiro atoms. The number of carbonyl (C=O) groups is 4. The fourth-order valence-electron chi connectivity index (χ4n) is 7.87. The minimum atomic E-state index is -2.78. The van der Waals surface area contributed by atoms with Gasteiger partial charge in [-0.3, -0.25) is 19.2 Å². The lowest BCUT2D eigenvalue weighted by Crippen LogP contribution is -2.60. The van der Waals surface area contributed by atoms with E-state index in [2.05, 4.69) is 31.9 Å². The first kappa shape index (κ1) is 37.1. The van der Waals surface area contributed by atoms with Gasteiger partial charge in [-0.15, -0.1) is 23.2 Å². The molecule has 2 aliphatic carbocycles. The maximum atomic E-state index is 15.3. The van der Waals surface area contributed by atoms with Gasteiger partial charge in [0.1, 0.15) is 5.69 Å². The van der Waals surface area contributed by atoms with Crippen molar-refractivity contribution < 1.29 is 51.0 Å². The van der Waals surface area contributed by atoms with E-state index in [-0.39, 0.29) is 47.9 Å². The number of allylic oxidation sites excluding steroid dienone is 2. The second-order valence-electron chi connectivity index (χ2n) is 12.8. The van der Waals surface area contributed by atoms with Crippen LogP contribution in [0.1, 0.15) is 29.9 Å². The number of phenolic OH excluding ortho intramolecular Hbond substituents is 1. The fourth-order valence-corrected chi connectivity index (χ4v) is 9.92. The van der Waals surface area contributed by atoms with E-state index in [0.29, 0.717) is 5.56 Å². The molecule has 2 saturated heterocycles. The molecule has 272 valence electrons. The SMILES string of the molecule is COc1cc(C2C3=CCC4C(=O)N(c5ccc(C)c(Cl)c5)C(=O)C4C3CC3(Cl)C(=O)N(c4c(F)c(F)c(F)c(F)c4F)C(=O)C23Cl)c(Br)c(Br)c1O. The molecule has 0 aromatic heterocycles. The van der Waals surface area contributed by atoms with Gasteiger partial charge in [-0.05, 0) is 86.9 Å². The first-order valence-corrected chi connectivity index (χ1v) is 17.9. The molecule has 4 aliphatic rings. The van der Waals surface area contributed by atoms with Gasteiger partial charge >= 0.3 is 0 Å². The average Bonchev–Trinajstić information content (AvgIpc) is 3.45. The van der Waals surface area contributed by atoms with Gasteiger partial charge in [0.2, 0.25) is 17.6 Å². The van der Waals surface area contributed by atoms with Crippen molar-refractivity contribution in [3.05, 3.63) is 90.1 Å². The smallest absolute Gasteiger partial charge is 0.258 e. The first-order chi connectivity index (χ1) is 24.3. The Morgan fingerprint density at radius 3 is 2.08 bits per heavy atom. The normalized spacial score (nSPS) is 28.3. The number of rotatable bonds is 4. The quantitative estimate of drug-likeness (QED) is 0.0706. The predicted molar refractivity (Wildman–Crippen MR) is 185 cm³/mol. The molecule has 6 atom stereocenters. The molecule has 3 fully saturated rings. The number of nitrogens with zero attached hydrogens (tertiary/aromatic N) is 2. The van der Waals surface area contributed by atoms with Crippen LogP contribution < -0.4 is 14.5 Å². The maximum absolute atomic E-state index is 15.3. The van der Waals surface area contributed by atoms with Gasteiger partial charge < -0.3 is 9.84 Å². The summed E-state index contributed by atoms with van der Waals surface area (Å²) < 4.78 is 79.1. The molecule has 8 nitrogen and oxygen atoms in total. The number of fused-ring (bicyclic) bond motifs is 4. The van der Waals surface area contributed by atoms with E-state index in [9.17, 15) is 37.5 Å². The number of imide groups is 2. The maximum Gasteiger partial charge on any atom is 0.258 e. The summed E-state index contributed by atoms with van der Waals surface area (Å²) in [5.41, 5.74) is -0.839. The van der Waals surface area contributed by atoms with Crippen LogP contribution in [0.25, 0.3) is 0 Å². The number of benzene rings is 3. The average molecular weight is 914 g/mol. The van der Waals surface area contributed by atoms with E-state index in [1.54, 1.807) is 19.1 Å². The molecular formula is C34H20Br2Cl3F5N2O6. The van der Waals surface area contributed by atoms with Crippen LogP contribution >= 0.6 is 66.7 Å². The molecule has 1 saturated carbocycles. The lowest BCUT2D eigenvalue weighted by atomic mass is 9.56. The summed E-state index contributed by atoms with van der Waals surface area (Å²) in [6.45, 7) is 1.72. The lowest BCUT2D eigenvalue weighted by molar-refractivity contribution is -0.125. The van der Waals surface area contributed by atoms with Crippen molar-refractivity contribution in [2.24, 2.45) is 17.8 Å². The summed E-state index contributed by atoms with van der Waals surface area (Å²) in [7, 11) is 1.21. The van der Waals surface area contributed by atoms with Crippen molar-refractivity contribution in [3.8, 4) is 11.5 Å². The van der Waals surface area contributed by atoms with E-state index in [1.165, 1.54) is 25.3 Å². The van der Waals surface area contributed by atoms with Gasteiger partial charge in [-0.1, -0.05) is 29.3 Å². The van der Waals surface area contributed by atoms with Gasteiger partial charge in [0.15, 0.2) is 44.5 Å². The number of carbonyl (C=O) groups excluding carboxylic acids is 4. The summed E-state index contributed by atoms with van der Waals surface area (Å²) in [6, 6.07) is 5.82. The second-order valence-corrected chi connectivity index (χ2v) is 16.0. The molecule has 7 rings (SSSR count). The van der Waals surface area contributed by atoms with Crippen LogP contribution in [0.15, 0.2) is 44.9 Å². The number of ether oxygens (including phenoxy) is 1. The molecule has 0 radical (unpaired) electrons. The number of aromatic hydroxyl groups is 1. The standard InChI is InChI=1S/C34H20Br2Cl3F5N2O6/c1-10-3-4-11(7-16(10)37)45-29(48)13-6-5-12-15(18(13)30(45)49)9-33(38)31(50)46(27-25(43)23(41)22(40)24(42)26(27)44)32(51)34(33,39)19(12)14-8-17(52-2)28(47)21(36)20(14)35/h3-5,7-8,13,15,18-19,47H,6,9H2,1-2H3. The number of alkyl halides is 2. The van der Waals surface area contributed by atoms with E-state index < -0.39 is 104 Å². The predicted octanol–water partition coefficient (Wildman–Crippen LogP) is 8.35. The molecule has 0 bridgehead atoms. The van der Waals surface area contributed by atoms with E-state index >= 15 is 8.78 Å². The third-order valence-corrected chi connectivity index (χ3v) is 14.3. The summed E-state index contributed by atoms with van der Waals surface area (Å²) in [5.74, 6) is -22.6. The van der Waals surface area contributed by atoms with Gasteiger partial charge in [-0.25, -0.2) is 31.8 Å². The minimum Gasteiger partial charge on any atom is -0.503 e. The molecule has 3 aromatic rings. The molecule has 18 heteroatoms. The second kappa shape index (κ2) is 12.4. The Morgan fingerprint density at radius 1 is 0.865 bits per heavy atom. The third-order valence-electron chi connectivity index (χ3n) is 10.3. The van der Waals surface area contributed by atoms with Gasteiger partial charge in [0.05, 0.1) is 29.1 Å². The molecule has 2 aliphatic heterocycles. The fraction of sp³-hybridized carbons (Fsp3) is 0.294. The highest BCUT2D eigenvalue weighted by Crippen LogP contribution is 2.67. The Kier molecular flexibility index (Phi) is 8.85. The number of hydrogen-bond acceptors (Lipinski definition) is 6. The third kappa shape index (κ3) is 4.67. The van der Waals surface area contributed by atoms with Gasteiger partial charge in [-0.2, -0.15) is 0 Å². The van der Waals surface area contributed by atoms with Crippen molar-refractivity contribution in [2.75, 3.05) is 16.9 Å². The Balaban J connectivity index is 1.47. The van der Waals surface area contributed by atoms with Crippen LogP contribution in [0.4, 0.5) is 33.3 Å². The summed E-state index contributed by atoms with van der Waals surface area (Å²) in [4.78, 5) is 52.3. The Morgan fingerprint density at radius 2 is 1.48 bits per heavy atom. The largest absolute Gasteiger partial charge is 0.503 e. The Labute approximate surface area is 322 Å². The molecular weight excluding hydrogens is 894 g/mol. The van der Waals surface area contributed by atoms with Crippen molar-refractivity contribution in [2.45, 2.75) is 35.4 Å². The molecule has 3 aromatic carbocycles. The van der Waals surface area contributed by atoms with E-state index in [1.807, 2.05) is 0 Å². The monoisotopic (exact) mass is 910 g/mol. The van der Waals surface area contributed by atoms with E-state index in [4.69, 9.17) is 39.5 Å². The first-order valence-electron chi connectivity index (χ1n) is 15.2. The van der Waals surface area contributed by atoms with E-state index in [0.717, 1.165) is 4.90 Å². The topological polar surface area (TPSA) is 104 Å². The molecule has 52 heavy (non-hydrogen) atoms. The number of anilines is 2. The van der Waals surface area contributed by atoms with Crippen LogP contribution in [0.2, 0.25) is 5.02 Å². The summed E-state index contributed by atoms with van der Waals surface area (Å²) >= 11 is 27.3. The number of phenols is 1. The van der Waals surface area contributed by atoms with Crippen LogP contribution in [-0.2, 0) is 19.2 Å². The van der Waals surface area contributed by atoms with Crippen molar-refractivity contribution in [3.63, 3.8) is 0 Å². The van der Waals surface area contributed by atoms with Crippen LogP contribution in [0.5, 0.6) is 11.5 Å². The highest BCUT2D eigenvalue weighted by molar-refractivity contribution is 9.13. The molecule has 4 amide bonds. The van der Waals surface area contributed by atoms with Gasteiger partial charge in [0, 0.05) is 15.4 Å². The highest BCUT2D eigenvalue weighted by Gasteiger charge is 2.77. The summed E-state index contributed by atoms with van der Waals surface area (Å²) in [5, 5.41) is 11.0. The zero-order valence-electron chi connectivity index (χ0n) is 26.3. The van der Waals surface area contributed by atoms with Crippen LogP contribution in [-0.4, -0.2) is 45.6 Å². The van der Waals surface area contributed by atoms with Crippen molar-refractivity contribution >= 4 is 102 Å². The highest BCUT2D eigenvalue weighted by atomic mass is 79.9. The molecule has 2 heterocycles. The lowest BCUT2D eigenvalue weighted by Gasteiger charge is -2.51. The molecule has 1 N–H and O–H groups in total. The Hall–Kier alpha value is -3.24. The van der Waals surface area contributed by atoms with Crippen molar-refractivity contribution in [1.82, 2.24) is 0 Å². The van der Waals surface area contributed by atoms with Gasteiger partial charge in [0.25, 0.3) is 11.8 Å². The number of aryl methyl sites for hydroxylation is 1.